The number of aryl methyl sites for hydroxylation is 1. The molecule has 2 aliphatic carbocycles. The van der Waals surface area contributed by atoms with Crippen LogP contribution in [0.5, 0.6) is 0 Å². The summed E-state index contributed by atoms with van der Waals surface area (Å²) in [5.74, 6) is 0. The van der Waals surface area contributed by atoms with E-state index in [9.17, 15) is 0 Å². The van der Waals surface area contributed by atoms with Crippen LogP contribution in [-0.2, 0) is 0 Å². The zero-order chi connectivity index (χ0) is 57.9. The second-order valence-corrected chi connectivity index (χ2v) is 25.4. The summed E-state index contributed by atoms with van der Waals surface area (Å²) in [5, 5.41) is 32.0. The summed E-state index contributed by atoms with van der Waals surface area (Å²) in [6.45, 7) is 2.26. The lowest BCUT2D eigenvalue weighted by Gasteiger charge is -2.27. The lowest BCUT2D eigenvalue weighted by molar-refractivity contribution is 1.05. The van der Waals surface area contributed by atoms with Gasteiger partial charge in [-0.2, -0.15) is 0 Å². The van der Waals surface area contributed by atoms with E-state index in [-0.39, 0.29) is 0 Å². The molecule has 0 radical (unpaired) electrons. The third kappa shape index (κ3) is 6.09. The molecule has 0 atom stereocenters. The molecule has 0 heteroatoms. The van der Waals surface area contributed by atoms with E-state index in [1.165, 1.54) is 224 Å². The number of allylic oxidation sites excluding steroid dienone is 4. The summed E-state index contributed by atoms with van der Waals surface area (Å²) in [6, 6.07) is 97.9. The number of benzene rings is 17. The van der Waals surface area contributed by atoms with Gasteiger partial charge in [0.25, 0.3) is 0 Å². The van der Waals surface area contributed by atoms with E-state index in [4.69, 9.17) is 0 Å². The van der Waals surface area contributed by atoms with E-state index in [1.807, 2.05) is 0 Å². The van der Waals surface area contributed by atoms with Crippen LogP contribution in [-0.4, -0.2) is 0 Å². The molecule has 0 N–H and O–H groups in total. The van der Waals surface area contributed by atoms with Crippen molar-refractivity contribution in [2.24, 2.45) is 0 Å². The van der Waals surface area contributed by atoms with Crippen molar-refractivity contribution in [1.29, 1.82) is 0 Å². The summed E-state index contributed by atoms with van der Waals surface area (Å²) in [7, 11) is 0. The molecule has 0 unspecified atom stereocenters. The van der Waals surface area contributed by atoms with Gasteiger partial charge in [-0.1, -0.05) is 273 Å². The molecule has 0 aromatic heterocycles. The molecular weight excluding hydrogens is 1070 g/mol. The largest absolute Gasteiger partial charge is 0.0842 e. The molecule has 0 bridgehead atoms. The third-order valence-corrected chi connectivity index (χ3v) is 21.2. The lowest BCUT2D eigenvalue weighted by Crippen LogP contribution is -2.03. The Balaban J connectivity index is 0.877. The lowest BCUT2D eigenvalue weighted by atomic mass is 9.75. The second-order valence-electron chi connectivity index (χ2n) is 25.4. The van der Waals surface area contributed by atoms with Crippen LogP contribution in [0.15, 0.2) is 273 Å². The fraction of sp³-hybridized carbons (Fsp3) is 0.0337. The number of fused-ring (bicyclic) bond motifs is 13. The van der Waals surface area contributed by atoms with Crippen LogP contribution in [0, 0.1) is 6.92 Å². The van der Waals surface area contributed by atoms with E-state index >= 15 is 0 Å². The van der Waals surface area contributed by atoms with Crippen LogP contribution in [0.3, 0.4) is 0 Å². The fourth-order valence-electron chi connectivity index (χ4n) is 17.8. The minimum Gasteiger partial charge on any atom is -0.0842 e. The first kappa shape index (κ1) is 48.0. The first-order valence-electron chi connectivity index (χ1n) is 31.6. The molecule has 408 valence electrons. The highest BCUT2D eigenvalue weighted by Crippen LogP contribution is 2.63. The number of hydrogen-bond donors (Lipinski definition) is 0. The summed E-state index contributed by atoms with van der Waals surface area (Å²) in [6.07, 6.45) is 8.99. The third-order valence-electron chi connectivity index (χ3n) is 21.2. The molecule has 21 rings (SSSR count). The molecule has 89 heavy (non-hydrogen) atoms. The predicted molar refractivity (Wildman–Crippen MR) is 384 cm³/mol. The summed E-state index contributed by atoms with van der Waals surface area (Å²) in [4.78, 5) is 0. The zero-order valence-corrected chi connectivity index (χ0v) is 48.9. The topological polar surface area (TPSA) is 0 Å². The average molecular weight is 1120 g/mol. The maximum atomic E-state index is 2.50. The van der Waals surface area contributed by atoms with Crippen LogP contribution in [0.1, 0.15) is 24.0 Å². The smallest absolute Gasteiger partial charge is 0.000717 e. The SMILES string of the molecule is Cc1ccc2c3c(-c4ccccc4)c4c5ccc6c7ccc8c9ccc%10c%11c(ccc(c%12ccc(c%13ccc(c4c(-c4ccccc4)c3c3cccc1c32)c5c%136)c7c%128)c%119)-c1c(-c2ccccc2)c(C2=CC=CCC2)c(-c2ccccc2)c(-c2ccccc2)c1-%10. The maximum absolute atomic E-state index is 2.50. The molecule has 0 spiro atoms. The number of hydrogen-bond acceptors (Lipinski definition) is 0. The molecule has 19 aromatic carbocycles. The minimum absolute atomic E-state index is 0.979. The number of rotatable bonds is 6. The van der Waals surface area contributed by atoms with Gasteiger partial charge in [0.2, 0.25) is 0 Å². The van der Waals surface area contributed by atoms with Crippen LogP contribution in [0.25, 0.3) is 213 Å². The van der Waals surface area contributed by atoms with Crippen molar-refractivity contribution >= 4 is 135 Å². The summed E-state index contributed by atoms with van der Waals surface area (Å²) < 4.78 is 0. The quantitative estimate of drug-likeness (QED) is 0.115. The molecule has 0 saturated heterocycles. The molecule has 0 aliphatic heterocycles. The monoisotopic (exact) mass is 1120 g/mol. The van der Waals surface area contributed by atoms with Gasteiger partial charge in [-0.15, -0.1) is 0 Å². The van der Waals surface area contributed by atoms with Gasteiger partial charge in [-0.25, -0.2) is 0 Å². The Morgan fingerprint density at radius 1 is 0.213 bits per heavy atom. The highest BCUT2D eigenvalue weighted by Gasteiger charge is 2.36. The normalized spacial score (nSPS) is 13.4. The Morgan fingerprint density at radius 3 is 0.944 bits per heavy atom. The first-order chi connectivity index (χ1) is 44.2. The van der Waals surface area contributed by atoms with E-state index in [0.29, 0.717) is 0 Å². The van der Waals surface area contributed by atoms with Gasteiger partial charge in [0.05, 0.1) is 0 Å². The van der Waals surface area contributed by atoms with E-state index in [0.717, 1.165) is 12.8 Å². The maximum Gasteiger partial charge on any atom is -0.000717 e. The van der Waals surface area contributed by atoms with E-state index in [1.54, 1.807) is 0 Å². The standard InChI is InChI=1S/C89H52/c1-49-35-36-66-77-56(49)33-20-34-65(77)84-75(54-29-16-6-17-30-54)88-69-47-43-63-59-39-37-57-61-41-45-67-82-68(87-74(53-27-14-5-15-28-53)72(51-23-10-3-11-24-51)71(50-21-8-2-9-22-50)73(86(67)87)52-25-12-4-13-26-52)46-42-62(80(61)82)58-38-40-60(79(59)78(57)58)64-44-48-70(83(69)81(63)64)89(88)76(85(66)84)55-31-18-7-19-32-55/h2-8,10-21,23-48H,9,22H2,1H3. The van der Waals surface area contributed by atoms with Gasteiger partial charge in [-0.3, -0.25) is 0 Å². The summed E-state index contributed by atoms with van der Waals surface area (Å²) in [5.41, 5.74) is 22.2. The molecule has 0 amide bonds. The Labute approximate surface area is 513 Å². The second kappa shape index (κ2) is 17.5. The van der Waals surface area contributed by atoms with E-state index < -0.39 is 0 Å². The molecular formula is C89H52. The van der Waals surface area contributed by atoms with Gasteiger partial charge < -0.3 is 0 Å². The Kier molecular flexibility index (Phi) is 9.44. The van der Waals surface area contributed by atoms with Gasteiger partial charge in [0, 0.05) is 0 Å². The van der Waals surface area contributed by atoms with Crippen LogP contribution < -0.4 is 0 Å². The highest BCUT2D eigenvalue weighted by molar-refractivity contribution is 6.51. The first-order valence-corrected chi connectivity index (χ1v) is 31.6. The zero-order valence-electron chi connectivity index (χ0n) is 48.9. The molecule has 0 fully saturated rings. The van der Waals surface area contributed by atoms with Gasteiger partial charge in [0.1, 0.15) is 0 Å². The van der Waals surface area contributed by atoms with Crippen LogP contribution in [0.4, 0.5) is 0 Å². The average Bonchev–Trinajstić information content (AvgIpc) is 1.71. The molecule has 0 saturated carbocycles. The van der Waals surface area contributed by atoms with E-state index in [2.05, 4.69) is 280 Å². The molecule has 0 nitrogen and oxygen atoms in total. The van der Waals surface area contributed by atoms with Gasteiger partial charge in [0.15, 0.2) is 0 Å². The van der Waals surface area contributed by atoms with Crippen molar-refractivity contribution in [3.05, 3.63) is 284 Å². The molecule has 19 aromatic rings. The van der Waals surface area contributed by atoms with Crippen LogP contribution in [0.2, 0.25) is 0 Å². The fourth-order valence-corrected chi connectivity index (χ4v) is 17.8. The van der Waals surface area contributed by atoms with Crippen molar-refractivity contribution in [2.75, 3.05) is 0 Å². The Morgan fingerprint density at radius 2 is 0.528 bits per heavy atom. The minimum atomic E-state index is 0.979. The van der Waals surface area contributed by atoms with Crippen molar-refractivity contribution < 1.29 is 0 Å². The van der Waals surface area contributed by atoms with Gasteiger partial charge in [-0.05, 0) is 244 Å². The Bertz CT molecular complexity index is 6130. The molecule has 0 heterocycles. The van der Waals surface area contributed by atoms with Crippen molar-refractivity contribution in [1.82, 2.24) is 0 Å². The highest BCUT2D eigenvalue weighted by atomic mass is 14.4. The molecule has 2 aliphatic rings. The Hall–Kier alpha value is -11.2. The van der Waals surface area contributed by atoms with Crippen LogP contribution >= 0.6 is 0 Å². The van der Waals surface area contributed by atoms with Gasteiger partial charge >= 0.3 is 0 Å². The van der Waals surface area contributed by atoms with Crippen molar-refractivity contribution in [3.63, 3.8) is 0 Å². The van der Waals surface area contributed by atoms with Crippen molar-refractivity contribution in [2.45, 2.75) is 19.8 Å². The van der Waals surface area contributed by atoms with Crippen molar-refractivity contribution in [3.8, 4) is 77.9 Å². The predicted octanol–water partition coefficient (Wildman–Crippen LogP) is 25.3. The summed E-state index contributed by atoms with van der Waals surface area (Å²) >= 11 is 0.